The number of aliphatic hydroxyl groups is 1. The van der Waals surface area contributed by atoms with Crippen molar-refractivity contribution in [3.63, 3.8) is 0 Å². The van der Waals surface area contributed by atoms with Gasteiger partial charge in [0.25, 0.3) is 0 Å². The molecule has 0 radical (unpaired) electrons. The maximum Gasteiger partial charge on any atom is 0.249 e. The van der Waals surface area contributed by atoms with Crippen LogP contribution in [0.15, 0.2) is 36.4 Å². The number of halogens is 3. The normalized spacial score (nSPS) is 31.5. The first-order valence-corrected chi connectivity index (χ1v) is 14.6. The van der Waals surface area contributed by atoms with E-state index in [1.165, 1.54) is 6.07 Å². The van der Waals surface area contributed by atoms with E-state index >= 15 is 8.78 Å². The van der Waals surface area contributed by atoms with E-state index in [0.29, 0.717) is 30.5 Å². The quantitative estimate of drug-likeness (QED) is 0.364. The molecule has 0 aromatic heterocycles. The number of benzene rings is 3. The highest BCUT2D eigenvalue weighted by Crippen LogP contribution is 2.66. The molecule has 0 spiro atoms. The molecule has 41 heavy (non-hydrogen) atoms. The molecule has 212 valence electrons. The molecular formula is C32H29ClF2N2O4. The summed E-state index contributed by atoms with van der Waals surface area (Å²) in [6.45, 7) is 2.29. The van der Waals surface area contributed by atoms with Crippen LogP contribution in [0, 0.1) is 11.6 Å². The molecule has 2 heterocycles. The van der Waals surface area contributed by atoms with E-state index < -0.39 is 28.7 Å². The summed E-state index contributed by atoms with van der Waals surface area (Å²) >= 11 is 6.65. The zero-order chi connectivity index (χ0) is 28.4. The number of nitrogens with one attached hydrogen (secondary N) is 1. The summed E-state index contributed by atoms with van der Waals surface area (Å²) in [5.41, 5.74) is 7.23. The van der Waals surface area contributed by atoms with Crippen LogP contribution >= 0.6 is 11.6 Å². The number of rotatable bonds is 5. The van der Waals surface area contributed by atoms with Crippen molar-refractivity contribution in [1.29, 1.82) is 0 Å². The number of carbonyl (C=O) groups is 1. The van der Waals surface area contributed by atoms with Gasteiger partial charge in [-0.2, -0.15) is 0 Å². The highest BCUT2D eigenvalue weighted by molar-refractivity contribution is 6.34. The summed E-state index contributed by atoms with van der Waals surface area (Å²) in [6.07, 6.45) is 3.67. The van der Waals surface area contributed by atoms with Crippen molar-refractivity contribution >= 4 is 17.5 Å². The maximum atomic E-state index is 16.4. The second-order valence-corrected chi connectivity index (χ2v) is 12.9. The summed E-state index contributed by atoms with van der Waals surface area (Å²) in [7, 11) is 0. The van der Waals surface area contributed by atoms with E-state index in [4.69, 9.17) is 26.8 Å². The summed E-state index contributed by atoms with van der Waals surface area (Å²) in [5.74, 6) is -2.37. The SMILES string of the molecule is CC1(O)CCC(NC[C@]23Oc4cc(F)c(Cl)c(-c5c(C(N)=O)cc6c(c5F)OC5CC65)c4[C@@H]2c2ccccc23)CC1. The summed E-state index contributed by atoms with van der Waals surface area (Å²) in [5, 5.41) is 13.8. The van der Waals surface area contributed by atoms with Crippen LogP contribution in [0.25, 0.3) is 11.1 Å². The van der Waals surface area contributed by atoms with Crippen LogP contribution in [-0.2, 0) is 5.60 Å². The Labute approximate surface area is 240 Å². The van der Waals surface area contributed by atoms with Crippen molar-refractivity contribution in [2.24, 2.45) is 5.73 Å². The van der Waals surface area contributed by atoms with Crippen molar-refractivity contribution in [1.82, 2.24) is 5.32 Å². The number of primary amides is 1. The van der Waals surface area contributed by atoms with Gasteiger partial charge in [0, 0.05) is 52.4 Å². The Bertz CT molecular complexity index is 1670. The fourth-order valence-corrected chi connectivity index (χ4v) is 7.88. The average molecular weight is 579 g/mol. The Morgan fingerprint density at radius 2 is 1.93 bits per heavy atom. The molecule has 0 bridgehead atoms. The number of fused-ring (bicyclic) bond motifs is 9. The predicted molar refractivity (Wildman–Crippen MR) is 149 cm³/mol. The minimum atomic E-state index is -0.872. The van der Waals surface area contributed by atoms with Gasteiger partial charge in [0.1, 0.15) is 17.7 Å². The fourth-order valence-electron chi connectivity index (χ4n) is 7.63. The number of nitrogens with two attached hydrogens (primary N) is 1. The summed E-state index contributed by atoms with van der Waals surface area (Å²) in [4.78, 5) is 12.7. The first-order valence-electron chi connectivity index (χ1n) is 14.2. The number of ether oxygens (including phenoxy) is 2. The molecule has 9 heteroatoms. The van der Waals surface area contributed by atoms with Gasteiger partial charge < -0.3 is 25.6 Å². The van der Waals surface area contributed by atoms with E-state index in [2.05, 4.69) is 5.32 Å². The Balaban J connectivity index is 1.27. The fraction of sp³-hybridized carbons (Fsp3) is 0.406. The molecule has 5 aliphatic rings. The van der Waals surface area contributed by atoms with Gasteiger partial charge in [0.05, 0.1) is 22.1 Å². The molecule has 4 N–H and O–H groups in total. The van der Waals surface area contributed by atoms with Gasteiger partial charge in [0.2, 0.25) is 5.91 Å². The van der Waals surface area contributed by atoms with Crippen molar-refractivity contribution in [3.05, 3.63) is 80.9 Å². The molecule has 1 amide bonds. The molecule has 4 atom stereocenters. The van der Waals surface area contributed by atoms with Crippen LogP contribution in [0.5, 0.6) is 11.5 Å². The second-order valence-electron chi connectivity index (χ2n) is 12.5. The van der Waals surface area contributed by atoms with Crippen molar-refractivity contribution < 1.29 is 28.2 Å². The topological polar surface area (TPSA) is 93.8 Å². The van der Waals surface area contributed by atoms with Crippen molar-refractivity contribution in [2.45, 2.75) is 74.2 Å². The number of amides is 1. The zero-order valence-electron chi connectivity index (χ0n) is 22.4. The van der Waals surface area contributed by atoms with Crippen LogP contribution in [0.3, 0.4) is 0 Å². The third-order valence-corrected chi connectivity index (χ3v) is 10.2. The number of hydrogen-bond donors (Lipinski definition) is 3. The number of carbonyl (C=O) groups excluding carboxylic acids is 1. The van der Waals surface area contributed by atoms with Crippen LogP contribution < -0.4 is 20.5 Å². The Hall–Kier alpha value is -3.20. The Morgan fingerprint density at radius 3 is 2.68 bits per heavy atom. The maximum absolute atomic E-state index is 16.4. The van der Waals surface area contributed by atoms with Gasteiger partial charge >= 0.3 is 0 Å². The van der Waals surface area contributed by atoms with Gasteiger partial charge in [-0.05, 0) is 50.7 Å². The van der Waals surface area contributed by atoms with Crippen LogP contribution in [-0.4, -0.2) is 35.3 Å². The molecule has 2 aliphatic heterocycles. The first-order chi connectivity index (χ1) is 19.6. The lowest BCUT2D eigenvalue weighted by Gasteiger charge is -2.47. The van der Waals surface area contributed by atoms with Crippen LogP contribution in [0.1, 0.15) is 83.5 Å². The van der Waals surface area contributed by atoms with Gasteiger partial charge in [-0.1, -0.05) is 35.9 Å². The average Bonchev–Trinajstić information content (AvgIpc) is 3.53. The molecule has 2 unspecified atom stereocenters. The lowest BCUT2D eigenvalue weighted by atomic mass is 9.61. The summed E-state index contributed by atoms with van der Waals surface area (Å²) in [6, 6.07) is 10.9. The molecule has 2 fully saturated rings. The van der Waals surface area contributed by atoms with Gasteiger partial charge in [-0.15, -0.1) is 0 Å². The molecular weight excluding hydrogens is 550 g/mol. The van der Waals surface area contributed by atoms with Crippen LogP contribution in [0.4, 0.5) is 8.78 Å². The van der Waals surface area contributed by atoms with Crippen molar-refractivity contribution in [3.8, 4) is 22.6 Å². The minimum absolute atomic E-state index is 0.0319. The highest BCUT2D eigenvalue weighted by Gasteiger charge is 2.61. The second kappa shape index (κ2) is 8.43. The zero-order valence-corrected chi connectivity index (χ0v) is 23.2. The highest BCUT2D eigenvalue weighted by atomic mass is 35.5. The van der Waals surface area contributed by atoms with Crippen LogP contribution in [0.2, 0.25) is 5.02 Å². The molecule has 8 rings (SSSR count). The number of hydrogen-bond acceptors (Lipinski definition) is 5. The molecule has 3 aromatic carbocycles. The van der Waals surface area contributed by atoms with E-state index in [1.54, 1.807) is 6.07 Å². The standard InChI is InChI=1S/C32H29ClF2N2O4/c1-31(39)8-6-14(7-9-31)37-13-32-19-5-3-2-4-15(19)26(32)24-22(41-32)12-20(34)27(33)25(24)23-18(30(36)38)10-17-16-11-21(16)40-29(17)28(23)35/h2-5,10,12,14,16,21,26,37,39H,6-9,11,13H2,1H3,(H2,36,38)/t14?,16?,21?,26-,31?,32+/m0/s1. The largest absolute Gasteiger partial charge is 0.486 e. The van der Waals surface area contributed by atoms with Gasteiger partial charge in [0.15, 0.2) is 17.2 Å². The molecule has 0 saturated heterocycles. The van der Waals surface area contributed by atoms with Gasteiger partial charge in [-0.3, -0.25) is 4.79 Å². The molecule has 6 nitrogen and oxygen atoms in total. The predicted octanol–water partition coefficient (Wildman–Crippen LogP) is 5.65. The minimum Gasteiger partial charge on any atom is -0.486 e. The monoisotopic (exact) mass is 578 g/mol. The smallest absolute Gasteiger partial charge is 0.249 e. The van der Waals surface area contributed by atoms with E-state index in [-0.39, 0.29) is 57.2 Å². The Kier molecular flexibility index (Phi) is 5.24. The lowest BCUT2D eigenvalue weighted by molar-refractivity contribution is 0.00653. The third-order valence-electron chi connectivity index (χ3n) is 9.88. The molecule has 2 saturated carbocycles. The van der Waals surface area contributed by atoms with E-state index in [1.807, 2.05) is 31.2 Å². The Morgan fingerprint density at radius 1 is 1.17 bits per heavy atom. The lowest BCUT2D eigenvalue weighted by Crippen LogP contribution is -2.54. The molecule has 3 aromatic rings. The third kappa shape index (κ3) is 3.50. The first kappa shape index (κ1) is 25.5. The van der Waals surface area contributed by atoms with E-state index in [9.17, 15) is 9.90 Å². The van der Waals surface area contributed by atoms with Crippen molar-refractivity contribution in [2.75, 3.05) is 6.54 Å². The van der Waals surface area contributed by atoms with E-state index in [0.717, 1.165) is 30.4 Å². The molecule has 3 aliphatic carbocycles. The summed E-state index contributed by atoms with van der Waals surface area (Å²) < 4.78 is 44.3. The van der Waals surface area contributed by atoms with Gasteiger partial charge in [-0.25, -0.2) is 8.78 Å².